The summed E-state index contributed by atoms with van der Waals surface area (Å²) in [6.45, 7) is 7.53. The molecule has 0 saturated heterocycles. The third-order valence-corrected chi connectivity index (χ3v) is 7.38. The van der Waals surface area contributed by atoms with Gasteiger partial charge in [-0.05, 0) is 62.6 Å². The lowest BCUT2D eigenvalue weighted by Gasteiger charge is -2.38. The molecule has 2 heterocycles. The number of anilines is 3. The molecule has 35 heavy (non-hydrogen) atoms. The topological polar surface area (TPSA) is 117 Å². The van der Waals surface area contributed by atoms with Crippen molar-refractivity contribution >= 4 is 23.3 Å². The molecule has 2 N–H and O–H groups in total. The first-order chi connectivity index (χ1) is 16.6. The SMILES string of the molecule is C[C@H]1CCC(CN(C(=O)O)c2cnc(C(C)(C)O)cn2)CC1CN1CN(C)c2ccc(C#N)cc21. The third kappa shape index (κ3) is 5.33. The van der Waals surface area contributed by atoms with Gasteiger partial charge in [0.25, 0.3) is 0 Å². The van der Waals surface area contributed by atoms with E-state index in [1.165, 1.54) is 17.3 Å². The number of nitriles is 1. The summed E-state index contributed by atoms with van der Waals surface area (Å²) in [5.74, 6) is 1.44. The average Bonchev–Trinajstić information content (AvgIpc) is 3.13. The fourth-order valence-corrected chi connectivity index (χ4v) is 5.25. The number of rotatable bonds is 6. The zero-order valence-electron chi connectivity index (χ0n) is 20.8. The summed E-state index contributed by atoms with van der Waals surface area (Å²) in [5.41, 5.74) is 2.15. The van der Waals surface area contributed by atoms with Crippen LogP contribution in [0.2, 0.25) is 0 Å². The first-order valence-corrected chi connectivity index (χ1v) is 12.1. The predicted octanol–water partition coefficient (Wildman–Crippen LogP) is 4.03. The number of fused-ring (bicyclic) bond motifs is 1. The summed E-state index contributed by atoms with van der Waals surface area (Å²) < 4.78 is 0. The van der Waals surface area contributed by atoms with E-state index in [1.54, 1.807) is 13.8 Å². The Labute approximate surface area is 206 Å². The number of amides is 1. The van der Waals surface area contributed by atoms with Crippen molar-refractivity contribution in [3.63, 3.8) is 0 Å². The minimum Gasteiger partial charge on any atom is -0.465 e. The van der Waals surface area contributed by atoms with Crippen molar-refractivity contribution in [3.05, 3.63) is 41.9 Å². The van der Waals surface area contributed by atoms with Gasteiger partial charge < -0.3 is 20.0 Å². The van der Waals surface area contributed by atoms with E-state index in [4.69, 9.17) is 0 Å². The van der Waals surface area contributed by atoms with E-state index in [2.05, 4.69) is 39.8 Å². The number of nitrogens with zero attached hydrogens (tertiary/aromatic N) is 6. The van der Waals surface area contributed by atoms with Crippen LogP contribution in [0.1, 0.15) is 51.3 Å². The van der Waals surface area contributed by atoms with Crippen molar-refractivity contribution < 1.29 is 15.0 Å². The van der Waals surface area contributed by atoms with E-state index in [0.29, 0.717) is 29.6 Å². The van der Waals surface area contributed by atoms with E-state index in [-0.39, 0.29) is 11.7 Å². The maximum Gasteiger partial charge on any atom is 0.413 e. The van der Waals surface area contributed by atoms with Crippen molar-refractivity contribution in [2.75, 3.05) is 41.5 Å². The Morgan fingerprint density at radius 2 is 2.03 bits per heavy atom. The van der Waals surface area contributed by atoms with Crippen LogP contribution in [0.15, 0.2) is 30.6 Å². The monoisotopic (exact) mass is 478 g/mol. The van der Waals surface area contributed by atoms with Crippen LogP contribution >= 0.6 is 0 Å². The highest BCUT2D eigenvalue weighted by Gasteiger charge is 2.34. The molecule has 1 fully saturated rings. The fourth-order valence-electron chi connectivity index (χ4n) is 5.25. The van der Waals surface area contributed by atoms with Gasteiger partial charge in [0.2, 0.25) is 0 Å². The van der Waals surface area contributed by atoms with Crippen molar-refractivity contribution in [2.45, 2.75) is 45.6 Å². The third-order valence-electron chi connectivity index (χ3n) is 7.38. The molecule has 9 nitrogen and oxygen atoms in total. The normalized spacial score (nSPS) is 22.0. The van der Waals surface area contributed by atoms with Crippen LogP contribution in [0.5, 0.6) is 0 Å². The number of carboxylic acid groups (broad SMARTS) is 1. The van der Waals surface area contributed by atoms with Crippen LogP contribution in [0.25, 0.3) is 0 Å². The van der Waals surface area contributed by atoms with E-state index in [9.17, 15) is 20.3 Å². The van der Waals surface area contributed by atoms with Crippen molar-refractivity contribution in [3.8, 4) is 6.07 Å². The summed E-state index contributed by atoms with van der Waals surface area (Å²) in [6, 6.07) is 8.07. The minimum absolute atomic E-state index is 0.216. The van der Waals surface area contributed by atoms with Crippen LogP contribution in [0.4, 0.5) is 22.0 Å². The molecule has 1 saturated carbocycles. The molecule has 1 aliphatic heterocycles. The number of hydrogen-bond acceptors (Lipinski definition) is 7. The van der Waals surface area contributed by atoms with Crippen LogP contribution in [0, 0.1) is 29.1 Å². The quantitative estimate of drug-likeness (QED) is 0.639. The Morgan fingerprint density at radius 3 is 2.66 bits per heavy atom. The zero-order chi connectivity index (χ0) is 25.3. The second-order valence-corrected chi connectivity index (χ2v) is 10.5. The van der Waals surface area contributed by atoms with E-state index in [0.717, 1.165) is 43.9 Å². The predicted molar refractivity (Wildman–Crippen MR) is 134 cm³/mol. The molecule has 2 aliphatic rings. The van der Waals surface area contributed by atoms with Gasteiger partial charge >= 0.3 is 6.09 Å². The lowest BCUT2D eigenvalue weighted by molar-refractivity contribution is 0.0734. The molecule has 3 atom stereocenters. The van der Waals surface area contributed by atoms with Gasteiger partial charge in [-0.1, -0.05) is 13.3 Å². The second kappa shape index (κ2) is 9.70. The number of aromatic nitrogens is 2. The molecule has 4 rings (SSSR count). The molecule has 0 spiro atoms. The maximum atomic E-state index is 12.1. The number of benzene rings is 1. The van der Waals surface area contributed by atoms with E-state index < -0.39 is 11.7 Å². The standard InChI is InChI=1S/C26H34N6O3/c1-17-5-6-19(14-32(25(33)34)24-13-28-23(12-29-24)26(2,3)35)9-20(17)15-31-16-30(4)21-8-7-18(11-27)10-22(21)31/h7-8,10,12-13,17,19-20,35H,5-6,9,14-16H2,1-4H3,(H,33,34)/t17-,19?,20?/m0/s1. The summed E-state index contributed by atoms with van der Waals surface area (Å²) in [6.07, 6.45) is 4.74. The maximum absolute atomic E-state index is 12.1. The highest BCUT2D eigenvalue weighted by Crippen LogP contribution is 2.40. The number of aliphatic hydroxyl groups is 1. The minimum atomic E-state index is -1.14. The van der Waals surface area contributed by atoms with Gasteiger partial charge in [-0.3, -0.25) is 9.88 Å². The fraction of sp³-hybridized carbons (Fsp3) is 0.538. The average molecular weight is 479 g/mol. The Kier molecular flexibility index (Phi) is 6.86. The van der Waals surface area contributed by atoms with Gasteiger partial charge in [-0.2, -0.15) is 5.26 Å². The summed E-state index contributed by atoms with van der Waals surface area (Å²) >= 11 is 0. The molecule has 9 heteroatoms. The van der Waals surface area contributed by atoms with Crippen molar-refractivity contribution in [2.24, 2.45) is 17.8 Å². The van der Waals surface area contributed by atoms with Crippen LogP contribution in [0.3, 0.4) is 0 Å². The second-order valence-electron chi connectivity index (χ2n) is 10.5. The smallest absolute Gasteiger partial charge is 0.413 e. The molecule has 1 amide bonds. The molecule has 1 aromatic heterocycles. The lowest BCUT2D eigenvalue weighted by Crippen LogP contribution is -2.41. The summed E-state index contributed by atoms with van der Waals surface area (Å²) in [4.78, 5) is 26.4. The highest BCUT2D eigenvalue weighted by atomic mass is 16.4. The van der Waals surface area contributed by atoms with E-state index >= 15 is 0 Å². The Morgan fingerprint density at radius 1 is 1.26 bits per heavy atom. The van der Waals surface area contributed by atoms with Crippen molar-refractivity contribution in [1.29, 1.82) is 5.26 Å². The summed E-state index contributed by atoms with van der Waals surface area (Å²) in [5, 5.41) is 29.3. The van der Waals surface area contributed by atoms with Crippen LogP contribution in [-0.4, -0.2) is 53.1 Å². The zero-order valence-corrected chi connectivity index (χ0v) is 20.8. The first-order valence-electron chi connectivity index (χ1n) is 12.1. The lowest BCUT2D eigenvalue weighted by atomic mass is 9.74. The molecule has 2 unspecified atom stereocenters. The largest absolute Gasteiger partial charge is 0.465 e. The molecule has 1 aliphatic carbocycles. The molecule has 0 bridgehead atoms. The van der Waals surface area contributed by atoms with Crippen LogP contribution < -0.4 is 14.7 Å². The van der Waals surface area contributed by atoms with Gasteiger partial charge in [0.1, 0.15) is 5.60 Å². The van der Waals surface area contributed by atoms with Crippen molar-refractivity contribution in [1.82, 2.24) is 9.97 Å². The van der Waals surface area contributed by atoms with Crippen LogP contribution in [-0.2, 0) is 5.60 Å². The van der Waals surface area contributed by atoms with Gasteiger partial charge in [-0.15, -0.1) is 0 Å². The van der Waals surface area contributed by atoms with Gasteiger partial charge in [0.15, 0.2) is 5.82 Å². The molecular formula is C26H34N6O3. The molecule has 186 valence electrons. The number of carbonyl (C=O) groups is 1. The Balaban J connectivity index is 1.46. The van der Waals surface area contributed by atoms with Gasteiger partial charge in [-0.25, -0.2) is 9.78 Å². The highest BCUT2D eigenvalue weighted by molar-refractivity contribution is 5.84. The molecular weight excluding hydrogens is 444 g/mol. The number of hydrogen-bond donors (Lipinski definition) is 2. The molecule has 2 aromatic rings. The molecule has 1 aromatic carbocycles. The van der Waals surface area contributed by atoms with E-state index in [1.807, 2.05) is 18.2 Å². The van der Waals surface area contributed by atoms with Gasteiger partial charge in [0, 0.05) is 20.1 Å². The summed E-state index contributed by atoms with van der Waals surface area (Å²) in [7, 11) is 2.06. The molecule has 0 radical (unpaired) electrons. The Bertz CT molecular complexity index is 1110. The first kappa shape index (κ1) is 24.7. The van der Waals surface area contributed by atoms with Gasteiger partial charge in [0.05, 0.1) is 47.8 Å². The Hall–Kier alpha value is -3.38.